The van der Waals surface area contributed by atoms with E-state index in [1.54, 1.807) is 0 Å². The van der Waals surface area contributed by atoms with Crippen molar-refractivity contribution >= 4 is 0 Å². The molecule has 1 aliphatic rings. The first-order valence-corrected chi connectivity index (χ1v) is 5.52. The Morgan fingerprint density at radius 1 is 1.29 bits per heavy atom. The molecule has 3 heteroatoms. The van der Waals surface area contributed by atoms with Crippen LogP contribution < -0.4 is 5.32 Å². The Kier molecular flexibility index (Phi) is 3.93. The summed E-state index contributed by atoms with van der Waals surface area (Å²) < 4.78 is 0. The molecule has 0 atom stereocenters. The second kappa shape index (κ2) is 4.60. The number of aliphatic hydroxyl groups excluding tert-OH is 2. The number of hydrogen-bond donors (Lipinski definition) is 3. The highest BCUT2D eigenvalue weighted by molar-refractivity contribution is 4.94. The van der Waals surface area contributed by atoms with E-state index in [0.29, 0.717) is 12.0 Å². The fraction of sp³-hybridized carbons (Fsp3) is 1.00. The predicted octanol–water partition coefficient (Wildman–Crippen LogP) is 0.757. The van der Waals surface area contributed by atoms with Gasteiger partial charge in [0.2, 0.25) is 0 Å². The molecule has 1 aliphatic carbocycles. The average Bonchev–Trinajstić information content (AvgIpc) is 2.98. The zero-order valence-corrected chi connectivity index (χ0v) is 9.34. The van der Waals surface area contributed by atoms with E-state index in [9.17, 15) is 0 Å². The smallest absolute Gasteiger partial charge is 0.0518 e. The van der Waals surface area contributed by atoms with E-state index >= 15 is 0 Å². The summed E-state index contributed by atoms with van der Waals surface area (Å²) >= 11 is 0. The average molecular weight is 201 g/mol. The van der Waals surface area contributed by atoms with Crippen molar-refractivity contribution in [3.63, 3.8) is 0 Å². The third-order valence-corrected chi connectivity index (χ3v) is 3.52. The molecule has 0 aromatic carbocycles. The Balaban J connectivity index is 2.20. The second-order valence-corrected chi connectivity index (χ2v) is 5.08. The molecule has 0 spiro atoms. The van der Waals surface area contributed by atoms with Gasteiger partial charge in [-0.05, 0) is 24.7 Å². The lowest BCUT2D eigenvalue weighted by Crippen LogP contribution is -2.39. The van der Waals surface area contributed by atoms with Gasteiger partial charge in [-0.25, -0.2) is 0 Å². The van der Waals surface area contributed by atoms with Crippen LogP contribution in [0.15, 0.2) is 0 Å². The SMILES string of the molecule is CCC1(CNCC(C)(CO)CO)CC1. The van der Waals surface area contributed by atoms with E-state index < -0.39 is 0 Å². The van der Waals surface area contributed by atoms with Gasteiger partial charge in [0.05, 0.1) is 13.2 Å². The first kappa shape index (κ1) is 12.0. The van der Waals surface area contributed by atoms with E-state index in [4.69, 9.17) is 10.2 Å². The van der Waals surface area contributed by atoms with E-state index in [0.717, 1.165) is 6.54 Å². The number of aliphatic hydroxyl groups is 2. The monoisotopic (exact) mass is 201 g/mol. The van der Waals surface area contributed by atoms with Gasteiger partial charge in [0.1, 0.15) is 0 Å². The Morgan fingerprint density at radius 3 is 2.21 bits per heavy atom. The lowest BCUT2D eigenvalue weighted by molar-refractivity contribution is 0.0686. The van der Waals surface area contributed by atoms with Crippen LogP contribution in [0.25, 0.3) is 0 Å². The molecule has 0 amide bonds. The molecule has 0 aromatic heterocycles. The second-order valence-electron chi connectivity index (χ2n) is 5.08. The maximum Gasteiger partial charge on any atom is 0.0518 e. The molecule has 1 saturated carbocycles. The Labute approximate surface area is 86.5 Å². The van der Waals surface area contributed by atoms with Gasteiger partial charge in [-0.1, -0.05) is 13.8 Å². The highest BCUT2D eigenvalue weighted by Crippen LogP contribution is 2.47. The standard InChI is InChI=1S/C11H23NO2/c1-3-11(4-5-11)7-12-6-10(2,8-13)9-14/h12-14H,3-9H2,1-2H3. The maximum absolute atomic E-state index is 9.09. The Hall–Kier alpha value is -0.120. The zero-order chi connectivity index (χ0) is 10.7. The molecule has 0 aliphatic heterocycles. The molecule has 0 bridgehead atoms. The third-order valence-electron chi connectivity index (χ3n) is 3.52. The molecule has 0 aromatic rings. The van der Waals surface area contributed by atoms with Crippen molar-refractivity contribution in [2.24, 2.45) is 10.8 Å². The van der Waals surface area contributed by atoms with Crippen molar-refractivity contribution in [2.75, 3.05) is 26.3 Å². The van der Waals surface area contributed by atoms with Crippen molar-refractivity contribution in [1.29, 1.82) is 0 Å². The van der Waals surface area contributed by atoms with Gasteiger partial charge in [0, 0.05) is 18.5 Å². The van der Waals surface area contributed by atoms with Gasteiger partial charge in [-0.3, -0.25) is 0 Å². The topological polar surface area (TPSA) is 52.5 Å². The van der Waals surface area contributed by atoms with Crippen molar-refractivity contribution in [1.82, 2.24) is 5.32 Å². The van der Waals surface area contributed by atoms with Crippen LogP contribution in [0.1, 0.15) is 33.1 Å². The first-order valence-electron chi connectivity index (χ1n) is 5.52. The lowest BCUT2D eigenvalue weighted by atomic mass is 9.92. The molecule has 14 heavy (non-hydrogen) atoms. The summed E-state index contributed by atoms with van der Waals surface area (Å²) in [5.74, 6) is 0. The minimum absolute atomic E-state index is 0.0373. The van der Waals surface area contributed by atoms with Gasteiger partial charge in [-0.15, -0.1) is 0 Å². The number of hydrogen-bond acceptors (Lipinski definition) is 3. The molecule has 84 valence electrons. The van der Waals surface area contributed by atoms with E-state index in [1.165, 1.54) is 19.3 Å². The molecular weight excluding hydrogens is 178 g/mol. The van der Waals surface area contributed by atoms with Crippen LogP contribution in [0.4, 0.5) is 0 Å². The van der Waals surface area contributed by atoms with Crippen molar-refractivity contribution < 1.29 is 10.2 Å². The van der Waals surface area contributed by atoms with E-state index in [2.05, 4.69) is 12.2 Å². The van der Waals surface area contributed by atoms with Crippen LogP contribution in [0.2, 0.25) is 0 Å². The molecule has 0 saturated heterocycles. The molecule has 0 heterocycles. The summed E-state index contributed by atoms with van der Waals surface area (Å²) in [6, 6.07) is 0. The van der Waals surface area contributed by atoms with Gasteiger partial charge >= 0.3 is 0 Å². The summed E-state index contributed by atoms with van der Waals surface area (Å²) in [5.41, 5.74) is 0.162. The summed E-state index contributed by atoms with van der Waals surface area (Å²) in [5, 5.41) is 21.5. The van der Waals surface area contributed by atoms with Crippen LogP contribution in [0.5, 0.6) is 0 Å². The first-order chi connectivity index (χ1) is 6.60. The molecule has 0 radical (unpaired) electrons. The molecular formula is C11H23NO2. The van der Waals surface area contributed by atoms with Crippen LogP contribution in [0.3, 0.4) is 0 Å². The molecule has 0 unspecified atom stereocenters. The number of nitrogens with one attached hydrogen (secondary N) is 1. The lowest BCUT2D eigenvalue weighted by Gasteiger charge is -2.26. The van der Waals surface area contributed by atoms with Crippen molar-refractivity contribution in [3.8, 4) is 0 Å². The maximum atomic E-state index is 9.09. The summed E-state index contributed by atoms with van der Waals surface area (Å²) in [7, 11) is 0. The van der Waals surface area contributed by atoms with Gasteiger partial charge < -0.3 is 15.5 Å². The zero-order valence-electron chi connectivity index (χ0n) is 9.34. The van der Waals surface area contributed by atoms with Crippen molar-refractivity contribution in [2.45, 2.75) is 33.1 Å². The largest absolute Gasteiger partial charge is 0.396 e. The van der Waals surface area contributed by atoms with Gasteiger partial charge in [0.15, 0.2) is 0 Å². The molecule has 1 fully saturated rings. The van der Waals surface area contributed by atoms with Crippen LogP contribution in [-0.4, -0.2) is 36.5 Å². The third kappa shape index (κ3) is 2.94. The molecule has 3 nitrogen and oxygen atoms in total. The fourth-order valence-corrected chi connectivity index (χ4v) is 1.62. The van der Waals surface area contributed by atoms with Crippen LogP contribution in [0, 0.1) is 10.8 Å². The van der Waals surface area contributed by atoms with Crippen LogP contribution >= 0.6 is 0 Å². The highest BCUT2D eigenvalue weighted by atomic mass is 16.3. The summed E-state index contributed by atoms with van der Waals surface area (Å²) in [6.07, 6.45) is 3.88. The minimum Gasteiger partial charge on any atom is -0.396 e. The van der Waals surface area contributed by atoms with Gasteiger partial charge in [-0.2, -0.15) is 0 Å². The van der Waals surface area contributed by atoms with Gasteiger partial charge in [0.25, 0.3) is 0 Å². The number of rotatable bonds is 7. The highest BCUT2D eigenvalue weighted by Gasteiger charge is 2.40. The Bertz CT molecular complexity index is 174. The minimum atomic E-state index is -0.371. The van der Waals surface area contributed by atoms with Crippen molar-refractivity contribution in [3.05, 3.63) is 0 Å². The van der Waals surface area contributed by atoms with E-state index in [1.807, 2.05) is 6.92 Å². The van der Waals surface area contributed by atoms with Crippen LogP contribution in [-0.2, 0) is 0 Å². The quantitative estimate of drug-likeness (QED) is 0.570. The summed E-state index contributed by atoms with van der Waals surface area (Å²) in [4.78, 5) is 0. The predicted molar refractivity (Wildman–Crippen MR) is 57.1 cm³/mol. The fourth-order valence-electron chi connectivity index (χ4n) is 1.62. The molecule has 3 N–H and O–H groups in total. The van der Waals surface area contributed by atoms with E-state index in [-0.39, 0.29) is 18.6 Å². The molecule has 1 rings (SSSR count). The normalized spacial score (nSPS) is 19.7. The summed E-state index contributed by atoms with van der Waals surface area (Å²) in [6.45, 7) is 5.92. The Morgan fingerprint density at radius 2 is 1.86 bits per heavy atom.